The molecule has 1 heterocycles. The van der Waals surface area contributed by atoms with Gasteiger partial charge in [0.2, 0.25) is 5.91 Å². The first-order valence-corrected chi connectivity index (χ1v) is 11.7. The van der Waals surface area contributed by atoms with Crippen molar-refractivity contribution >= 4 is 23.5 Å². The second-order valence-corrected chi connectivity index (χ2v) is 10.4. The Morgan fingerprint density at radius 3 is 2.37 bits per heavy atom. The number of esters is 1. The molecule has 4 saturated carbocycles. The second-order valence-electron chi connectivity index (χ2n) is 9.99. The standard InChI is InChI=1S/C24H29ClFNO3/c1-2-30-23(29)21-9-18(8-17-3-4-19(26)10-20(17)25)22(28)27(21)24-11-14-5-15(12-24)7-16(6-14)13-24/h3-4,10,14-16,18,21H,2,5-9,11-13H2,1H3. The number of hydrogen-bond acceptors (Lipinski definition) is 3. The van der Waals surface area contributed by atoms with Crippen LogP contribution in [-0.2, 0) is 20.7 Å². The van der Waals surface area contributed by atoms with Gasteiger partial charge in [-0.15, -0.1) is 0 Å². The molecule has 1 aromatic carbocycles. The van der Waals surface area contributed by atoms with Crippen molar-refractivity contribution < 1.29 is 18.7 Å². The summed E-state index contributed by atoms with van der Waals surface area (Å²) in [6.07, 6.45) is 7.77. The predicted molar refractivity (Wildman–Crippen MR) is 111 cm³/mol. The Morgan fingerprint density at radius 1 is 1.17 bits per heavy atom. The highest BCUT2D eigenvalue weighted by Crippen LogP contribution is 2.59. The highest BCUT2D eigenvalue weighted by molar-refractivity contribution is 6.31. The molecule has 1 aliphatic heterocycles. The summed E-state index contributed by atoms with van der Waals surface area (Å²) in [5.41, 5.74) is 0.566. The molecule has 5 aliphatic rings. The Bertz CT molecular complexity index is 837. The molecule has 0 N–H and O–H groups in total. The number of halogens is 2. The third kappa shape index (κ3) is 3.34. The predicted octanol–water partition coefficient (Wildman–Crippen LogP) is 4.77. The van der Waals surface area contributed by atoms with Gasteiger partial charge in [-0.25, -0.2) is 9.18 Å². The molecule has 4 aliphatic carbocycles. The fourth-order valence-corrected chi connectivity index (χ4v) is 7.56. The van der Waals surface area contributed by atoms with E-state index in [1.807, 2.05) is 4.90 Å². The summed E-state index contributed by atoms with van der Waals surface area (Å²) in [6, 6.07) is 3.80. The summed E-state index contributed by atoms with van der Waals surface area (Å²) >= 11 is 6.24. The van der Waals surface area contributed by atoms with E-state index in [2.05, 4.69) is 0 Å². The summed E-state index contributed by atoms with van der Waals surface area (Å²) in [7, 11) is 0. The quantitative estimate of drug-likeness (QED) is 0.628. The topological polar surface area (TPSA) is 46.6 Å². The monoisotopic (exact) mass is 433 g/mol. The number of amides is 1. The fraction of sp³-hybridized carbons (Fsp3) is 0.667. The lowest BCUT2D eigenvalue weighted by Crippen LogP contribution is -2.63. The minimum atomic E-state index is -0.516. The lowest BCUT2D eigenvalue weighted by molar-refractivity contribution is -0.166. The summed E-state index contributed by atoms with van der Waals surface area (Å²) in [5.74, 6) is 1.09. The lowest BCUT2D eigenvalue weighted by atomic mass is 9.52. The van der Waals surface area contributed by atoms with Crippen LogP contribution < -0.4 is 0 Å². The van der Waals surface area contributed by atoms with E-state index in [0.717, 1.165) is 24.8 Å². The summed E-state index contributed by atoms with van der Waals surface area (Å²) in [4.78, 5) is 28.6. The number of hydrogen-bond donors (Lipinski definition) is 0. The molecule has 2 atom stereocenters. The van der Waals surface area contributed by atoms with E-state index in [1.54, 1.807) is 13.0 Å². The van der Waals surface area contributed by atoms with Crippen molar-refractivity contribution in [1.82, 2.24) is 4.90 Å². The first kappa shape index (κ1) is 20.3. The minimum absolute atomic E-state index is 0.0513. The SMILES string of the molecule is CCOC(=O)C1CC(Cc2ccc(F)cc2Cl)C(=O)N1C12CC3CC(CC(C3)C1)C2. The van der Waals surface area contributed by atoms with Crippen LogP contribution in [0.1, 0.15) is 57.4 Å². The molecule has 0 aromatic heterocycles. The molecule has 1 amide bonds. The van der Waals surface area contributed by atoms with Crippen molar-refractivity contribution in [2.45, 2.75) is 69.9 Å². The molecule has 6 rings (SSSR count). The Kier molecular flexibility index (Phi) is 5.08. The maximum absolute atomic E-state index is 13.7. The van der Waals surface area contributed by atoms with Crippen molar-refractivity contribution in [3.05, 3.63) is 34.6 Å². The summed E-state index contributed by atoms with van der Waals surface area (Å²) in [5, 5.41) is 0.337. The molecular weight excluding hydrogens is 405 g/mol. The Labute approximate surface area is 182 Å². The molecule has 0 spiro atoms. The number of benzene rings is 1. The molecule has 6 heteroatoms. The highest BCUT2D eigenvalue weighted by atomic mass is 35.5. The molecule has 162 valence electrons. The molecule has 1 saturated heterocycles. The van der Waals surface area contributed by atoms with Crippen molar-refractivity contribution in [3.8, 4) is 0 Å². The van der Waals surface area contributed by atoms with E-state index in [4.69, 9.17) is 16.3 Å². The van der Waals surface area contributed by atoms with Crippen LogP contribution in [0, 0.1) is 29.5 Å². The van der Waals surface area contributed by atoms with E-state index in [9.17, 15) is 14.0 Å². The van der Waals surface area contributed by atoms with Crippen LogP contribution in [0.2, 0.25) is 5.02 Å². The average Bonchev–Trinajstić information content (AvgIpc) is 3.00. The Morgan fingerprint density at radius 2 is 1.80 bits per heavy atom. The van der Waals surface area contributed by atoms with Crippen LogP contribution >= 0.6 is 11.6 Å². The number of carbonyl (C=O) groups is 2. The molecular formula is C24H29ClFNO3. The molecule has 0 radical (unpaired) electrons. The zero-order chi connectivity index (χ0) is 21.0. The van der Waals surface area contributed by atoms with Gasteiger partial charge in [0.25, 0.3) is 0 Å². The van der Waals surface area contributed by atoms with E-state index in [-0.39, 0.29) is 29.2 Å². The van der Waals surface area contributed by atoms with Gasteiger partial charge in [0.05, 0.1) is 6.61 Å². The van der Waals surface area contributed by atoms with Gasteiger partial charge in [0.1, 0.15) is 11.9 Å². The van der Waals surface area contributed by atoms with Gasteiger partial charge in [-0.1, -0.05) is 17.7 Å². The van der Waals surface area contributed by atoms with Crippen LogP contribution in [0.15, 0.2) is 18.2 Å². The number of rotatable bonds is 5. The zero-order valence-corrected chi connectivity index (χ0v) is 18.2. The van der Waals surface area contributed by atoms with Gasteiger partial charge >= 0.3 is 5.97 Å². The number of likely N-dealkylation sites (tertiary alicyclic amines) is 1. The number of ether oxygens (including phenoxy) is 1. The lowest BCUT2D eigenvalue weighted by Gasteiger charge is -2.60. The van der Waals surface area contributed by atoms with Crippen LogP contribution in [0.4, 0.5) is 4.39 Å². The normalized spacial score (nSPS) is 37.1. The van der Waals surface area contributed by atoms with E-state index in [0.29, 0.717) is 42.2 Å². The number of carbonyl (C=O) groups excluding carboxylic acids is 2. The summed E-state index contributed by atoms with van der Waals surface area (Å²) in [6.45, 7) is 2.12. The van der Waals surface area contributed by atoms with E-state index < -0.39 is 6.04 Å². The maximum atomic E-state index is 13.7. The maximum Gasteiger partial charge on any atom is 0.328 e. The molecule has 5 fully saturated rings. The van der Waals surface area contributed by atoms with Gasteiger partial charge < -0.3 is 9.64 Å². The molecule has 4 bridgehead atoms. The smallest absolute Gasteiger partial charge is 0.328 e. The highest BCUT2D eigenvalue weighted by Gasteiger charge is 2.60. The third-order valence-corrected chi connectivity index (χ3v) is 8.32. The molecule has 1 aromatic rings. The third-order valence-electron chi connectivity index (χ3n) is 7.96. The van der Waals surface area contributed by atoms with Crippen molar-refractivity contribution in [2.24, 2.45) is 23.7 Å². The average molecular weight is 434 g/mol. The van der Waals surface area contributed by atoms with Crippen molar-refractivity contribution in [1.29, 1.82) is 0 Å². The second kappa shape index (κ2) is 7.51. The minimum Gasteiger partial charge on any atom is -0.464 e. The van der Waals surface area contributed by atoms with Crippen LogP contribution in [0.5, 0.6) is 0 Å². The van der Waals surface area contributed by atoms with Crippen molar-refractivity contribution in [3.63, 3.8) is 0 Å². The zero-order valence-electron chi connectivity index (χ0n) is 17.4. The van der Waals surface area contributed by atoms with Crippen LogP contribution in [0.25, 0.3) is 0 Å². The van der Waals surface area contributed by atoms with Crippen LogP contribution in [0.3, 0.4) is 0 Å². The summed E-state index contributed by atoms with van der Waals surface area (Å²) < 4.78 is 18.9. The van der Waals surface area contributed by atoms with Gasteiger partial charge in [-0.2, -0.15) is 0 Å². The molecule has 30 heavy (non-hydrogen) atoms. The van der Waals surface area contributed by atoms with Gasteiger partial charge in [-0.3, -0.25) is 4.79 Å². The number of nitrogens with zero attached hydrogens (tertiary/aromatic N) is 1. The van der Waals surface area contributed by atoms with E-state index >= 15 is 0 Å². The molecule has 4 nitrogen and oxygen atoms in total. The fourth-order valence-electron chi connectivity index (χ4n) is 7.31. The van der Waals surface area contributed by atoms with Gasteiger partial charge in [0, 0.05) is 16.5 Å². The van der Waals surface area contributed by atoms with Crippen molar-refractivity contribution in [2.75, 3.05) is 6.61 Å². The Balaban J connectivity index is 1.45. The van der Waals surface area contributed by atoms with Gasteiger partial charge in [-0.05, 0) is 93.7 Å². The van der Waals surface area contributed by atoms with E-state index in [1.165, 1.54) is 31.4 Å². The van der Waals surface area contributed by atoms with Gasteiger partial charge in [0.15, 0.2) is 0 Å². The molecule has 2 unspecified atom stereocenters. The first-order chi connectivity index (χ1) is 14.4. The Hall–Kier alpha value is -1.62. The van der Waals surface area contributed by atoms with Crippen LogP contribution in [-0.4, -0.2) is 35.0 Å². The largest absolute Gasteiger partial charge is 0.464 e. The first-order valence-electron chi connectivity index (χ1n) is 11.3.